The van der Waals surface area contributed by atoms with E-state index in [-0.39, 0.29) is 11.7 Å². The van der Waals surface area contributed by atoms with Gasteiger partial charge in [0.2, 0.25) is 0 Å². The fraction of sp³-hybridized carbons (Fsp3) is 0.300. The highest BCUT2D eigenvalue weighted by molar-refractivity contribution is 5.88. The largest absolute Gasteiger partial charge is 0.478 e. The van der Waals surface area contributed by atoms with Gasteiger partial charge in [0.05, 0.1) is 12.1 Å². The Morgan fingerprint density at radius 3 is 2.32 bits per heavy atom. The summed E-state index contributed by atoms with van der Waals surface area (Å²) in [6, 6.07) is 12.7. The van der Waals surface area contributed by atoms with E-state index in [1.807, 2.05) is 39.0 Å². The zero-order valence-electron chi connectivity index (χ0n) is 14.6. The Hall–Kier alpha value is -2.82. The van der Waals surface area contributed by atoms with Crippen molar-refractivity contribution in [2.45, 2.75) is 39.5 Å². The van der Waals surface area contributed by atoms with Gasteiger partial charge in [0, 0.05) is 6.54 Å². The molecule has 0 aromatic heterocycles. The number of carboxylic acid groups (broad SMARTS) is 1. The molecule has 2 aromatic carbocycles. The number of benzene rings is 2. The predicted octanol–water partition coefficient (Wildman–Crippen LogP) is 4.30. The second-order valence-electron chi connectivity index (χ2n) is 7.16. The Kier molecular flexibility index (Phi) is 4.25. The summed E-state index contributed by atoms with van der Waals surface area (Å²) in [6.45, 7) is 6.56. The maximum absolute atomic E-state index is 12.3. The number of carbonyl (C=O) groups is 2. The van der Waals surface area contributed by atoms with Gasteiger partial charge < -0.3 is 9.84 Å². The Labute approximate surface area is 146 Å². The van der Waals surface area contributed by atoms with Crippen molar-refractivity contribution >= 4 is 12.1 Å². The number of carbonyl (C=O) groups excluding carboxylic acids is 1. The fourth-order valence-corrected chi connectivity index (χ4v) is 2.94. The number of nitrogens with zero attached hydrogens (tertiary/aromatic N) is 1. The average Bonchev–Trinajstić information content (AvgIpc) is 2.97. The van der Waals surface area contributed by atoms with Gasteiger partial charge in [0.15, 0.2) is 0 Å². The molecule has 0 unspecified atom stereocenters. The molecule has 0 saturated heterocycles. The summed E-state index contributed by atoms with van der Waals surface area (Å²) >= 11 is 0. The lowest BCUT2D eigenvalue weighted by Gasteiger charge is -2.24. The van der Waals surface area contributed by atoms with Crippen molar-refractivity contribution in [1.29, 1.82) is 0 Å². The average molecular weight is 339 g/mol. The van der Waals surface area contributed by atoms with Crippen molar-refractivity contribution in [3.05, 3.63) is 59.2 Å². The number of amides is 1. The molecule has 1 aliphatic rings. The normalized spacial score (nSPS) is 13.5. The predicted molar refractivity (Wildman–Crippen MR) is 94.3 cm³/mol. The zero-order chi connectivity index (χ0) is 18.2. The molecule has 0 aliphatic carbocycles. The first kappa shape index (κ1) is 17.0. The maximum Gasteiger partial charge on any atom is 0.410 e. The molecule has 5 heteroatoms. The van der Waals surface area contributed by atoms with Crippen LogP contribution in [0.3, 0.4) is 0 Å². The molecule has 25 heavy (non-hydrogen) atoms. The number of fused-ring (bicyclic) bond motifs is 1. The van der Waals surface area contributed by atoms with Gasteiger partial charge >= 0.3 is 12.1 Å². The standard InChI is InChI=1S/C20H21NO4/c1-20(2,3)25-19(24)21-11-15-5-4-6-16(17(15)12-21)13-7-9-14(10-8-13)18(22)23/h4-10H,11-12H2,1-3H3,(H,22,23). The van der Waals surface area contributed by atoms with Crippen LogP contribution >= 0.6 is 0 Å². The van der Waals surface area contributed by atoms with E-state index in [4.69, 9.17) is 9.84 Å². The van der Waals surface area contributed by atoms with Crippen LogP contribution in [-0.2, 0) is 17.8 Å². The fourth-order valence-electron chi connectivity index (χ4n) is 2.94. The van der Waals surface area contributed by atoms with Crippen LogP contribution in [0.4, 0.5) is 4.79 Å². The number of ether oxygens (including phenoxy) is 1. The first-order chi connectivity index (χ1) is 11.7. The summed E-state index contributed by atoms with van der Waals surface area (Å²) in [5.41, 5.74) is 3.85. The van der Waals surface area contributed by atoms with E-state index in [0.29, 0.717) is 13.1 Å². The minimum absolute atomic E-state index is 0.256. The van der Waals surface area contributed by atoms with E-state index in [1.54, 1.807) is 29.2 Å². The SMILES string of the molecule is CC(C)(C)OC(=O)N1Cc2cccc(-c3ccc(C(=O)O)cc3)c2C1. The zero-order valence-corrected chi connectivity index (χ0v) is 14.6. The van der Waals surface area contributed by atoms with E-state index in [0.717, 1.165) is 22.3 Å². The Balaban J connectivity index is 1.87. The van der Waals surface area contributed by atoms with E-state index in [1.165, 1.54) is 0 Å². The Morgan fingerprint density at radius 2 is 1.72 bits per heavy atom. The van der Waals surface area contributed by atoms with Crippen molar-refractivity contribution in [3.63, 3.8) is 0 Å². The van der Waals surface area contributed by atoms with E-state index in [9.17, 15) is 9.59 Å². The van der Waals surface area contributed by atoms with Gasteiger partial charge in [-0.1, -0.05) is 30.3 Å². The Morgan fingerprint density at radius 1 is 1.04 bits per heavy atom. The van der Waals surface area contributed by atoms with Crippen molar-refractivity contribution in [2.75, 3.05) is 0 Å². The van der Waals surface area contributed by atoms with Crippen LogP contribution in [0.25, 0.3) is 11.1 Å². The lowest BCUT2D eigenvalue weighted by atomic mass is 9.96. The van der Waals surface area contributed by atoms with Crippen molar-refractivity contribution in [2.24, 2.45) is 0 Å². The number of hydrogen-bond acceptors (Lipinski definition) is 3. The van der Waals surface area contributed by atoms with Crippen LogP contribution in [0.5, 0.6) is 0 Å². The number of aromatic carboxylic acids is 1. The third kappa shape index (κ3) is 3.65. The minimum atomic E-state index is -0.944. The van der Waals surface area contributed by atoms with Gasteiger partial charge in [-0.3, -0.25) is 4.90 Å². The third-order valence-electron chi connectivity index (χ3n) is 4.08. The first-order valence-corrected chi connectivity index (χ1v) is 8.17. The molecule has 0 saturated carbocycles. The molecule has 1 amide bonds. The van der Waals surface area contributed by atoms with Gasteiger partial charge in [-0.2, -0.15) is 0 Å². The van der Waals surface area contributed by atoms with Gasteiger partial charge in [-0.25, -0.2) is 9.59 Å². The summed E-state index contributed by atoms with van der Waals surface area (Å²) in [7, 11) is 0. The minimum Gasteiger partial charge on any atom is -0.478 e. The number of rotatable bonds is 2. The molecule has 1 aliphatic heterocycles. The quantitative estimate of drug-likeness (QED) is 0.886. The molecule has 130 valence electrons. The van der Waals surface area contributed by atoms with Gasteiger partial charge in [-0.15, -0.1) is 0 Å². The van der Waals surface area contributed by atoms with Crippen LogP contribution in [0.1, 0.15) is 42.3 Å². The molecule has 0 radical (unpaired) electrons. The summed E-state index contributed by atoms with van der Waals surface area (Å²) in [6.07, 6.45) is -0.323. The lowest BCUT2D eigenvalue weighted by Crippen LogP contribution is -2.33. The highest BCUT2D eigenvalue weighted by atomic mass is 16.6. The maximum atomic E-state index is 12.3. The van der Waals surface area contributed by atoms with Gasteiger partial charge in [-0.05, 0) is 55.2 Å². The number of hydrogen-bond donors (Lipinski definition) is 1. The highest BCUT2D eigenvalue weighted by Gasteiger charge is 2.29. The molecular weight excluding hydrogens is 318 g/mol. The van der Waals surface area contributed by atoms with Crippen molar-refractivity contribution in [3.8, 4) is 11.1 Å². The van der Waals surface area contributed by atoms with Crippen molar-refractivity contribution < 1.29 is 19.4 Å². The molecule has 1 N–H and O–H groups in total. The molecule has 0 fully saturated rings. The summed E-state index contributed by atoms with van der Waals surface area (Å²) < 4.78 is 5.46. The monoisotopic (exact) mass is 339 g/mol. The summed E-state index contributed by atoms with van der Waals surface area (Å²) in [4.78, 5) is 25.0. The molecule has 2 aromatic rings. The third-order valence-corrected chi connectivity index (χ3v) is 4.08. The summed E-state index contributed by atoms with van der Waals surface area (Å²) in [5.74, 6) is -0.944. The van der Waals surface area contributed by atoms with E-state index in [2.05, 4.69) is 0 Å². The van der Waals surface area contributed by atoms with Crippen LogP contribution in [0, 0.1) is 0 Å². The molecule has 0 bridgehead atoms. The number of carboxylic acids is 1. The Bertz CT molecular complexity index is 819. The molecule has 0 atom stereocenters. The van der Waals surface area contributed by atoms with Crippen LogP contribution in [0.15, 0.2) is 42.5 Å². The van der Waals surface area contributed by atoms with Gasteiger partial charge in [0.25, 0.3) is 0 Å². The van der Waals surface area contributed by atoms with Crippen molar-refractivity contribution in [1.82, 2.24) is 4.90 Å². The topological polar surface area (TPSA) is 66.8 Å². The first-order valence-electron chi connectivity index (χ1n) is 8.17. The smallest absolute Gasteiger partial charge is 0.410 e. The van der Waals surface area contributed by atoms with Crippen LogP contribution < -0.4 is 0 Å². The molecule has 3 rings (SSSR count). The van der Waals surface area contributed by atoms with E-state index < -0.39 is 11.6 Å². The van der Waals surface area contributed by atoms with Crippen LogP contribution in [-0.4, -0.2) is 27.7 Å². The second-order valence-corrected chi connectivity index (χ2v) is 7.16. The molecule has 1 heterocycles. The van der Waals surface area contributed by atoms with Gasteiger partial charge in [0.1, 0.15) is 5.60 Å². The molecule has 5 nitrogen and oxygen atoms in total. The molecule has 0 spiro atoms. The van der Waals surface area contributed by atoms with Crippen LogP contribution in [0.2, 0.25) is 0 Å². The van der Waals surface area contributed by atoms with E-state index >= 15 is 0 Å². The summed E-state index contributed by atoms with van der Waals surface area (Å²) in [5, 5.41) is 9.03. The molecular formula is C20H21NO4. The highest BCUT2D eigenvalue weighted by Crippen LogP contribution is 2.33. The lowest BCUT2D eigenvalue weighted by molar-refractivity contribution is 0.0242. The second kappa shape index (κ2) is 6.24.